The van der Waals surface area contributed by atoms with Gasteiger partial charge in [0.25, 0.3) is 6.43 Å². The molecule has 1 rings (SSSR count). The third-order valence-corrected chi connectivity index (χ3v) is 2.52. The normalized spacial score (nSPS) is 10.8. The molecule has 0 aliphatic heterocycles. The topological polar surface area (TPSA) is 50.2 Å². The van der Waals surface area contributed by atoms with Crippen LogP contribution < -0.4 is 0 Å². The van der Waals surface area contributed by atoms with E-state index < -0.39 is 24.5 Å². The summed E-state index contributed by atoms with van der Waals surface area (Å²) in [5.74, 6) is -1.23. The van der Waals surface area contributed by atoms with Gasteiger partial charge in [0.05, 0.1) is 17.1 Å². The maximum absolute atomic E-state index is 12.5. The minimum Gasteiger partial charge on any atom is -0.481 e. The van der Waals surface area contributed by atoms with Gasteiger partial charge in [0.2, 0.25) is 0 Å². The van der Waals surface area contributed by atoms with Crippen LogP contribution >= 0.6 is 23.2 Å². The molecule has 3 nitrogen and oxygen atoms in total. The molecule has 0 atom stereocenters. The number of hydrogen-bond donors (Lipinski definition) is 1. The fraction of sp³-hybridized carbons (Fsp3) is 0.333. The van der Waals surface area contributed by atoms with Gasteiger partial charge >= 0.3 is 5.97 Å². The molecule has 0 aliphatic rings. The van der Waals surface area contributed by atoms with Crippen molar-refractivity contribution in [1.82, 2.24) is 4.98 Å². The van der Waals surface area contributed by atoms with E-state index in [-0.39, 0.29) is 22.2 Å². The van der Waals surface area contributed by atoms with Gasteiger partial charge in [-0.1, -0.05) is 11.6 Å². The molecule has 0 bridgehead atoms. The number of rotatable bonds is 4. The van der Waals surface area contributed by atoms with Gasteiger partial charge in [-0.05, 0) is 11.6 Å². The molecule has 0 aliphatic carbocycles. The Balaban J connectivity index is 3.22. The summed E-state index contributed by atoms with van der Waals surface area (Å²) in [6.45, 7) is 0. The molecule has 0 saturated carbocycles. The van der Waals surface area contributed by atoms with Crippen LogP contribution in [0.4, 0.5) is 8.78 Å². The Morgan fingerprint density at radius 2 is 2.19 bits per heavy atom. The highest BCUT2D eigenvalue weighted by atomic mass is 35.5. The molecule has 88 valence electrons. The van der Waals surface area contributed by atoms with Crippen molar-refractivity contribution in [2.45, 2.75) is 18.7 Å². The molecule has 0 aromatic carbocycles. The fourth-order valence-corrected chi connectivity index (χ4v) is 1.68. The van der Waals surface area contributed by atoms with Crippen molar-refractivity contribution in [2.75, 3.05) is 0 Å². The van der Waals surface area contributed by atoms with Crippen molar-refractivity contribution in [3.8, 4) is 0 Å². The Kier molecular flexibility index (Phi) is 4.44. The minimum atomic E-state index is -2.86. The molecular formula is C9H7Cl2F2NO2. The van der Waals surface area contributed by atoms with Crippen molar-refractivity contribution in [1.29, 1.82) is 0 Å². The number of alkyl halides is 3. The number of nitrogens with zero attached hydrogens (tertiary/aromatic N) is 1. The fourth-order valence-electron chi connectivity index (χ4n) is 1.15. The van der Waals surface area contributed by atoms with E-state index >= 15 is 0 Å². The van der Waals surface area contributed by atoms with Crippen molar-refractivity contribution in [2.24, 2.45) is 0 Å². The predicted octanol–water partition coefficient (Wildman–Crippen LogP) is 3.04. The molecule has 1 aromatic heterocycles. The number of hydrogen-bond acceptors (Lipinski definition) is 2. The van der Waals surface area contributed by atoms with Gasteiger partial charge in [-0.25, -0.2) is 13.8 Å². The summed E-state index contributed by atoms with van der Waals surface area (Å²) in [4.78, 5) is 13.9. The van der Waals surface area contributed by atoms with Gasteiger partial charge in [-0.15, -0.1) is 11.6 Å². The Bertz CT molecular complexity index is 413. The highest BCUT2D eigenvalue weighted by molar-refractivity contribution is 6.32. The van der Waals surface area contributed by atoms with Crippen LogP contribution in [0.3, 0.4) is 0 Å². The third-order valence-electron chi connectivity index (χ3n) is 1.79. The lowest BCUT2D eigenvalue weighted by molar-refractivity contribution is -0.136. The molecule has 0 saturated heterocycles. The zero-order chi connectivity index (χ0) is 12.3. The van der Waals surface area contributed by atoms with E-state index in [1.165, 1.54) is 6.07 Å². The van der Waals surface area contributed by atoms with Crippen LogP contribution in [-0.2, 0) is 17.1 Å². The number of pyridine rings is 1. The van der Waals surface area contributed by atoms with E-state index in [0.717, 1.165) is 0 Å². The van der Waals surface area contributed by atoms with Gasteiger partial charge in [0.1, 0.15) is 5.69 Å². The molecular weight excluding hydrogens is 263 g/mol. The summed E-state index contributed by atoms with van der Waals surface area (Å²) in [5, 5.41) is 8.33. The molecule has 0 fully saturated rings. The van der Waals surface area contributed by atoms with E-state index in [9.17, 15) is 13.6 Å². The Hall–Kier alpha value is -0.940. The molecule has 0 unspecified atom stereocenters. The van der Waals surface area contributed by atoms with E-state index in [4.69, 9.17) is 28.3 Å². The number of carboxylic acid groups (broad SMARTS) is 1. The number of halogens is 4. The van der Waals surface area contributed by atoms with E-state index in [0.29, 0.717) is 0 Å². The quantitative estimate of drug-likeness (QED) is 0.855. The SMILES string of the molecule is O=C(O)Cc1cc(CCl)c(Cl)c(C(F)F)n1. The van der Waals surface area contributed by atoms with Gasteiger partial charge in [-0.3, -0.25) is 4.79 Å². The molecule has 0 spiro atoms. The molecule has 7 heteroatoms. The van der Waals surface area contributed by atoms with Crippen LogP contribution in [0.15, 0.2) is 6.07 Å². The predicted molar refractivity (Wildman–Crippen MR) is 55.1 cm³/mol. The summed E-state index contributed by atoms with van der Waals surface area (Å²) >= 11 is 11.2. The third kappa shape index (κ3) is 3.02. The lowest BCUT2D eigenvalue weighted by atomic mass is 10.1. The smallest absolute Gasteiger partial charge is 0.309 e. The lowest BCUT2D eigenvalue weighted by Crippen LogP contribution is -2.06. The minimum absolute atomic E-state index is 0.0165. The van der Waals surface area contributed by atoms with E-state index in [1.807, 2.05) is 0 Å². The first-order valence-corrected chi connectivity index (χ1v) is 5.11. The summed E-state index contributed by atoms with van der Waals surface area (Å²) in [5.41, 5.74) is -0.358. The molecule has 1 N–H and O–H groups in total. The number of aliphatic carboxylic acids is 1. The van der Waals surface area contributed by atoms with E-state index in [1.54, 1.807) is 0 Å². The van der Waals surface area contributed by atoms with Gasteiger partial charge < -0.3 is 5.11 Å². The van der Waals surface area contributed by atoms with Crippen LogP contribution in [0, 0.1) is 0 Å². The van der Waals surface area contributed by atoms with Crippen molar-refractivity contribution < 1.29 is 18.7 Å². The standard InChI is InChI=1S/C9H7Cl2F2NO2/c10-3-4-1-5(2-6(15)16)14-8(7(4)11)9(12)13/h1,9H,2-3H2,(H,15,16). The largest absolute Gasteiger partial charge is 0.481 e. The maximum Gasteiger partial charge on any atom is 0.309 e. The second kappa shape index (κ2) is 5.41. The highest BCUT2D eigenvalue weighted by Gasteiger charge is 2.19. The number of carbonyl (C=O) groups is 1. The molecule has 1 aromatic rings. The summed E-state index contributed by atoms with van der Waals surface area (Å²) in [6, 6.07) is 1.31. The first-order chi connectivity index (χ1) is 7.45. The van der Waals surface area contributed by atoms with Gasteiger partial charge in [0.15, 0.2) is 0 Å². The first kappa shape index (κ1) is 13.1. The van der Waals surface area contributed by atoms with E-state index in [2.05, 4.69) is 4.98 Å². The lowest BCUT2D eigenvalue weighted by Gasteiger charge is -2.08. The summed E-state index contributed by atoms with van der Waals surface area (Å²) < 4.78 is 25.0. The van der Waals surface area contributed by atoms with Crippen molar-refractivity contribution >= 4 is 29.2 Å². The second-order valence-corrected chi connectivity index (χ2v) is 3.62. The van der Waals surface area contributed by atoms with Gasteiger partial charge in [-0.2, -0.15) is 0 Å². The maximum atomic E-state index is 12.5. The average molecular weight is 270 g/mol. The Labute approximate surface area is 100 Å². The Morgan fingerprint density at radius 1 is 1.56 bits per heavy atom. The molecule has 0 radical (unpaired) electrons. The molecule has 1 heterocycles. The van der Waals surface area contributed by atoms with Gasteiger partial charge in [0, 0.05) is 5.88 Å². The zero-order valence-electron chi connectivity index (χ0n) is 7.88. The van der Waals surface area contributed by atoms with Crippen LogP contribution in [-0.4, -0.2) is 16.1 Å². The average Bonchev–Trinajstić information content (AvgIpc) is 2.19. The van der Waals surface area contributed by atoms with Crippen molar-refractivity contribution in [3.05, 3.63) is 28.0 Å². The number of carboxylic acids is 1. The zero-order valence-corrected chi connectivity index (χ0v) is 9.40. The van der Waals surface area contributed by atoms with Crippen LogP contribution in [0.25, 0.3) is 0 Å². The first-order valence-electron chi connectivity index (χ1n) is 4.19. The highest BCUT2D eigenvalue weighted by Crippen LogP contribution is 2.29. The summed E-state index contributed by atoms with van der Waals surface area (Å²) in [7, 11) is 0. The Morgan fingerprint density at radius 3 is 2.62 bits per heavy atom. The van der Waals surface area contributed by atoms with Crippen LogP contribution in [0.5, 0.6) is 0 Å². The molecule has 0 amide bonds. The molecule has 16 heavy (non-hydrogen) atoms. The van der Waals surface area contributed by atoms with Crippen molar-refractivity contribution in [3.63, 3.8) is 0 Å². The summed E-state index contributed by atoms with van der Waals surface area (Å²) in [6.07, 6.45) is -3.30. The van der Waals surface area contributed by atoms with Crippen LogP contribution in [0.1, 0.15) is 23.4 Å². The number of aromatic nitrogens is 1. The van der Waals surface area contributed by atoms with Crippen LogP contribution in [0.2, 0.25) is 5.02 Å². The monoisotopic (exact) mass is 269 g/mol. The second-order valence-electron chi connectivity index (χ2n) is 2.98.